The molecule has 0 bridgehead atoms. The summed E-state index contributed by atoms with van der Waals surface area (Å²) in [6, 6.07) is 13.7. The Morgan fingerprint density at radius 3 is 2.60 bits per heavy atom. The minimum Gasteiger partial charge on any atom is -0.491 e. The van der Waals surface area contributed by atoms with Crippen molar-refractivity contribution in [3.8, 4) is 5.75 Å². The predicted molar refractivity (Wildman–Crippen MR) is 106 cm³/mol. The third-order valence-electron chi connectivity index (χ3n) is 3.76. The zero-order chi connectivity index (χ0) is 18.2. The summed E-state index contributed by atoms with van der Waals surface area (Å²) in [4.78, 5) is 13.4. The van der Waals surface area contributed by atoms with Crippen molar-refractivity contribution < 1.29 is 9.53 Å². The molecule has 1 atom stereocenters. The van der Waals surface area contributed by atoms with Crippen LogP contribution in [0.5, 0.6) is 5.75 Å². The minimum absolute atomic E-state index is 0.0343. The molecule has 1 N–H and O–H groups in total. The lowest BCUT2D eigenvalue weighted by atomic mass is 10.1. The minimum atomic E-state index is -0.123. The van der Waals surface area contributed by atoms with Crippen molar-refractivity contribution in [1.29, 1.82) is 0 Å². The maximum atomic E-state index is 12.4. The zero-order valence-electron chi connectivity index (χ0n) is 14.8. The number of amides is 1. The number of thioether (sulfide) groups is 1. The van der Waals surface area contributed by atoms with E-state index in [1.165, 1.54) is 0 Å². The Hall–Kier alpha value is -1.65. The molecule has 25 heavy (non-hydrogen) atoms. The van der Waals surface area contributed by atoms with Crippen LogP contribution >= 0.6 is 23.4 Å². The molecule has 0 fully saturated rings. The van der Waals surface area contributed by atoms with E-state index in [0.29, 0.717) is 18.2 Å². The van der Waals surface area contributed by atoms with E-state index < -0.39 is 0 Å². The van der Waals surface area contributed by atoms with Crippen molar-refractivity contribution in [2.75, 3.05) is 13.2 Å². The normalized spacial score (nSPS) is 11.8. The molecule has 2 aromatic rings. The maximum Gasteiger partial charge on any atom is 0.233 e. The van der Waals surface area contributed by atoms with E-state index in [-0.39, 0.29) is 11.2 Å². The number of aryl methyl sites for hydroxylation is 2. The lowest BCUT2D eigenvalue weighted by Crippen LogP contribution is -2.35. The van der Waals surface area contributed by atoms with Gasteiger partial charge in [0.05, 0.1) is 11.8 Å². The third kappa shape index (κ3) is 6.29. The average Bonchev–Trinajstić information content (AvgIpc) is 2.60. The van der Waals surface area contributed by atoms with Gasteiger partial charge in [0.15, 0.2) is 0 Å². The standard InChI is InChI=1S/C20H24ClNO2S/c1-4-19(25-17-9-7-16(21)8-10-17)20(23)22-11-12-24-18-13-14(2)5-6-15(18)3/h5-10,13,19H,4,11-12H2,1-3H3,(H,22,23). The second kappa shape index (κ2) is 9.73. The number of hydrogen-bond acceptors (Lipinski definition) is 3. The van der Waals surface area contributed by atoms with E-state index in [2.05, 4.69) is 11.4 Å². The molecule has 0 saturated carbocycles. The van der Waals surface area contributed by atoms with Gasteiger partial charge in [0, 0.05) is 9.92 Å². The van der Waals surface area contributed by atoms with Crippen molar-refractivity contribution in [3.05, 3.63) is 58.6 Å². The summed E-state index contributed by atoms with van der Waals surface area (Å²) in [7, 11) is 0. The van der Waals surface area contributed by atoms with Gasteiger partial charge in [0.2, 0.25) is 5.91 Å². The number of carbonyl (C=O) groups excluding carboxylic acids is 1. The second-order valence-corrected chi connectivity index (χ2v) is 7.59. The quantitative estimate of drug-likeness (QED) is 0.518. The fourth-order valence-electron chi connectivity index (χ4n) is 2.31. The Morgan fingerprint density at radius 2 is 1.92 bits per heavy atom. The molecule has 5 heteroatoms. The number of carbonyl (C=O) groups is 1. The van der Waals surface area contributed by atoms with Crippen LogP contribution in [0, 0.1) is 13.8 Å². The summed E-state index contributed by atoms with van der Waals surface area (Å²) >= 11 is 7.45. The van der Waals surface area contributed by atoms with Gasteiger partial charge in [-0.1, -0.05) is 30.7 Å². The van der Waals surface area contributed by atoms with E-state index in [1.54, 1.807) is 11.8 Å². The highest BCUT2D eigenvalue weighted by Gasteiger charge is 2.17. The summed E-state index contributed by atoms with van der Waals surface area (Å²) in [6.45, 7) is 7.01. The fraction of sp³-hybridized carbons (Fsp3) is 0.350. The zero-order valence-corrected chi connectivity index (χ0v) is 16.4. The fourth-order valence-corrected chi connectivity index (χ4v) is 3.42. The Labute approximate surface area is 159 Å². The van der Waals surface area contributed by atoms with Crippen LogP contribution < -0.4 is 10.1 Å². The first-order chi connectivity index (χ1) is 12.0. The number of hydrogen-bond donors (Lipinski definition) is 1. The first-order valence-electron chi connectivity index (χ1n) is 8.39. The predicted octanol–water partition coefficient (Wildman–Crippen LogP) is 5.02. The topological polar surface area (TPSA) is 38.3 Å². The Kier molecular flexibility index (Phi) is 7.66. The van der Waals surface area contributed by atoms with Crippen LogP contribution in [0.25, 0.3) is 0 Å². The van der Waals surface area contributed by atoms with Crippen LogP contribution in [0.4, 0.5) is 0 Å². The number of halogens is 1. The van der Waals surface area contributed by atoms with Crippen molar-refractivity contribution in [2.45, 2.75) is 37.3 Å². The Morgan fingerprint density at radius 1 is 1.20 bits per heavy atom. The summed E-state index contributed by atoms with van der Waals surface area (Å²) in [5.41, 5.74) is 2.26. The molecule has 0 aliphatic heterocycles. The maximum absolute atomic E-state index is 12.4. The van der Waals surface area contributed by atoms with E-state index in [1.807, 2.05) is 57.2 Å². The molecule has 0 radical (unpaired) electrons. The van der Waals surface area contributed by atoms with Gasteiger partial charge in [0.1, 0.15) is 12.4 Å². The Bertz CT molecular complexity index is 703. The smallest absolute Gasteiger partial charge is 0.233 e. The van der Waals surface area contributed by atoms with E-state index in [9.17, 15) is 4.79 Å². The molecule has 1 amide bonds. The van der Waals surface area contributed by atoms with Crippen LogP contribution in [0.1, 0.15) is 24.5 Å². The monoisotopic (exact) mass is 377 g/mol. The van der Waals surface area contributed by atoms with Crippen LogP contribution in [0.2, 0.25) is 5.02 Å². The van der Waals surface area contributed by atoms with Gasteiger partial charge in [-0.05, 0) is 61.7 Å². The molecule has 0 aliphatic carbocycles. The highest BCUT2D eigenvalue weighted by molar-refractivity contribution is 8.00. The SMILES string of the molecule is CCC(Sc1ccc(Cl)cc1)C(=O)NCCOc1cc(C)ccc1C. The van der Waals surface area contributed by atoms with Crippen molar-refractivity contribution in [3.63, 3.8) is 0 Å². The van der Waals surface area contributed by atoms with Crippen molar-refractivity contribution >= 4 is 29.3 Å². The number of benzene rings is 2. The van der Waals surface area contributed by atoms with E-state index in [0.717, 1.165) is 28.2 Å². The van der Waals surface area contributed by atoms with Gasteiger partial charge in [-0.15, -0.1) is 11.8 Å². The summed E-state index contributed by atoms with van der Waals surface area (Å²) < 4.78 is 5.78. The first kappa shape index (κ1) is 19.7. The van der Waals surface area contributed by atoms with Gasteiger partial charge in [0.25, 0.3) is 0 Å². The van der Waals surface area contributed by atoms with Gasteiger partial charge in [-0.25, -0.2) is 0 Å². The first-order valence-corrected chi connectivity index (χ1v) is 9.65. The number of nitrogens with one attached hydrogen (secondary N) is 1. The lowest BCUT2D eigenvalue weighted by molar-refractivity contribution is -0.120. The molecule has 2 rings (SSSR count). The molecule has 0 saturated heterocycles. The molecular formula is C20H24ClNO2S. The van der Waals surface area contributed by atoms with Gasteiger partial charge >= 0.3 is 0 Å². The summed E-state index contributed by atoms with van der Waals surface area (Å²) in [6.07, 6.45) is 0.761. The molecule has 0 aliphatic rings. The third-order valence-corrected chi connectivity index (χ3v) is 5.39. The molecule has 0 spiro atoms. The van der Waals surface area contributed by atoms with Crippen molar-refractivity contribution in [2.24, 2.45) is 0 Å². The molecule has 3 nitrogen and oxygen atoms in total. The average molecular weight is 378 g/mol. The second-order valence-electron chi connectivity index (χ2n) is 5.88. The summed E-state index contributed by atoms with van der Waals surface area (Å²) in [5, 5.41) is 3.54. The lowest BCUT2D eigenvalue weighted by Gasteiger charge is -2.15. The van der Waals surface area contributed by atoms with E-state index >= 15 is 0 Å². The van der Waals surface area contributed by atoms with Crippen LogP contribution in [0.15, 0.2) is 47.4 Å². The molecule has 0 aromatic heterocycles. The molecule has 0 heterocycles. The number of ether oxygens (including phenoxy) is 1. The molecule has 134 valence electrons. The Balaban J connectivity index is 1.79. The van der Waals surface area contributed by atoms with Crippen LogP contribution in [0.3, 0.4) is 0 Å². The molecule has 2 aromatic carbocycles. The molecule has 1 unspecified atom stereocenters. The van der Waals surface area contributed by atoms with Crippen LogP contribution in [-0.2, 0) is 4.79 Å². The largest absolute Gasteiger partial charge is 0.491 e. The van der Waals surface area contributed by atoms with Gasteiger partial charge in [-0.3, -0.25) is 4.79 Å². The highest BCUT2D eigenvalue weighted by atomic mass is 35.5. The molecular weight excluding hydrogens is 354 g/mol. The summed E-state index contributed by atoms with van der Waals surface area (Å²) in [5.74, 6) is 0.906. The highest BCUT2D eigenvalue weighted by Crippen LogP contribution is 2.26. The van der Waals surface area contributed by atoms with Crippen molar-refractivity contribution in [1.82, 2.24) is 5.32 Å². The van der Waals surface area contributed by atoms with Gasteiger partial charge in [-0.2, -0.15) is 0 Å². The van der Waals surface area contributed by atoms with E-state index in [4.69, 9.17) is 16.3 Å². The number of rotatable bonds is 8. The van der Waals surface area contributed by atoms with Gasteiger partial charge < -0.3 is 10.1 Å². The van der Waals surface area contributed by atoms with Crippen LogP contribution in [-0.4, -0.2) is 24.3 Å².